The Labute approximate surface area is 70.4 Å². The molecule has 1 aromatic rings. The molecule has 0 saturated heterocycles. The molecule has 0 saturated carbocycles. The number of methoxy groups -OCH3 is 1. The summed E-state index contributed by atoms with van der Waals surface area (Å²) in [4.78, 5) is 14.7. The van der Waals surface area contributed by atoms with Crippen molar-refractivity contribution in [3.8, 4) is 0 Å². The monoisotopic (exact) mass is 166 g/mol. The van der Waals surface area contributed by atoms with Crippen molar-refractivity contribution >= 4 is 5.97 Å². The Kier molecular flexibility index (Phi) is 2.76. The largest absolute Gasteiger partial charge is 0.468 e. The average Bonchev–Trinajstić information content (AvgIpc) is 2.17. The molecule has 0 radical (unpaired) electrons. The first kappa shape index (κ1) is 8.67. The van der Waals surface area contributed by atoms with Crippen molar-refractivity contribution in [2.24, 2.45) is 5.73 Å². The zero-order valence-corrected chi connectivity index (χ0v) is 6.73. The number of ether oxygens (including phenoxy) is 1. The van der Waals surface area contributed by atoms with E-state index in [1.807, 2.05) is 0 Å². The van der Waals surface area contributed by atoms with E-state index in [0.29, 0.717) is 5.56 Å². The summed E-state index contributed by atoms with van der Waals surface area (Å²) in [6.45, 7) is 0. The molecule has 64 valence electrons. The molecule has 0 amide bonds. The van der Waals surface area contributed by atoms with Gasteiger partial charge in [-0.1, -0.05) is 0 Å². The quantitative estimate of drug-likeness (QED) is 0.640. The lowest BCUT2D eigenvalue weighted by Gasteiger charge is -2.07. The van der Waals surface area contributed by atoms with E-state index in [9.17, 15) is 4.79 Å². The van der Waals surface area contributed by atoms with Crippen molar-refractivity contribution in [3.63, 3.8) is 0 Å². The van der Waals surface area contributed by atoms with Crippen molar-refractivity contribution in [2.75, 3.05) is 7.11 Å². The van der Waals surface area contributed by atoms with Crippen molar-refractivity contribution in [1.82, 2.24) is 4.98 Å². The fraction of sp³-hybridized carbons (Fsp3) is 0.250. The number of carbonyl (C=O) groups is 1. The highest BCUT2D eigenvalue weighted by atomic mass is 16.5. The maximum Gasteiger partial charge on any atom is 0.327 e. The van der Waals surface area contributed by atoms with Gasteiger partial charge < -0.3 is 10.5 Å². The van der Waals surface area contributed by atoms with E-state index in [-0.39, 0.29) is 0 Å². The van der Waals surface area contributed by atoms with Crippen LogP contribution in [0, 0.1) is 0 Å². The van der Waals surface area contributed by atoms with Crippen molar-refractivity contribution in [1.29, 1.82) is 0 Å². The minimum Gasteiger partial charge on any atom is -0.468 e. The molecule has 0 aliphatic heterocycles. The Bertz CT molecular complexity index is 261. The van der Waals surface area contributed by atoms with Gasteiger partial charge in [-0.3, -0.25) is 9.78 Å². The Morgan fingerprint density at radius 3 is 2.67 bits per heavy atom. The first-order valence-electron chi connectivity index (χ1n) is 3.49. The molecule has 0 spiro atoms. The fourth-order valence-electron chi connectivity index (χ4n) is 0.834. The molecule has 1 rings (SSSR count). The molecule has 4 nitrogen and oxygen atoms in total. The van der Waals surface area contributed by atoms with Crippen molar-refractivity contribution < 1.29 is 9.53 Å². The third kappa shape index (κ3) is 1.79. The number of rotatable bonds is 2. The maximum atomic E-state index is 10.9. The predicted molar refractivity (Wildman–Crippen MR) is 43.2 cm³/mol. The number of nitrogens with two attached hydrogens (primary N) is 1. The second-order valence-corrected chi connectivity index (χ2v) is 2.28. The van der Waals surface area contributed by atoms with Crippen LogP contribution in [0.15, 0.2) is 24.5 Å². The van der Waals surface area contributed by atoms with Crippen LogP contribution in [0.2, 0.25) is 0 Å². The van der Waals surface area contributed by atoms with Gasteiger partial charge in [-0.05, 0) is 17.7 Å². The van der Waals surface area contributed by atoms with Crippen LogP contribution in [-0.4, -0.2) is 18.1 Å². The van der Waals surface area contributed by atoms with E-state index in [1.54, 1.807) is 24.5 Å². The van der Waals surface area contributed by atoms with Crippen molar-refractivity contribution in [3.05, 3.63) is 30.1 Å². The first-order valence-corrected chi connectivity index (χ1v) is 3.49. The number of hydrogen-bond donors (Lipinski definition) is 1. The number of carbonyl (C=O) groups excluding carboxylic acids is 1. The summed E-state index contributed by atoms with van der Waals surface area (Å²) in [6, 6.07) is 2.65. The highest BCUT2D eigenvalue weighted by Crippen LogP contribution is 2.08. The number of hydrogen-bond acceptors (Lipinski definition) is 4. The van der Waals surface area contributed by atoms with Crippen LogP contribution in [0.4, 0.5) is 0 Å². The Morgan fingerprint density at radius 1 is 1.58 bits per heavy atom. The zero-order chi connectivity index (χ0) is 8.97. The van der Waals surface area contributed by atoms with E-state index in [0.717, 1.165) is 0 Å². The second kappa shape index (κ2) is 3.82. The van der Waals surface area contributed by atoms with Crippen LogP contribution in [0.1, 0.15) is 11.6 Å². The zero-order valence-electron chi connectivity index (χ0n) is 6.73. The fourth-order valence-corrected chi connectivity index (χ4v) is 0.834. The van der Waals surface area contributed by atoms with Crippen LogP contribution < -0.4 is 5.73 Å². The van der Waals surface area contributed by atoms with Gasteiger partial charge in [0, 0.05) is 12.4 Å². The topological polar surface area (TPSA) is 65.2 Å². The van der Waals surface area contributed by atoms with Crippen LogP contribution in [0.3, 0.4) is 0 Å². The maximum absolute atomic E-state index is 10.9. The third-order valence-electron chi connectivity index (χ3n) is 1.52. The average molecular weight is 166 g/mol. The summed E-state index contributed by atoms with van der Waals surface area (Å²) >= 11 is 0. The lowest BCUT2D eigenvalue weighted by Crippen LogP contribution is -2.22. The predicted octanol–water partition coefficient (Wildman–Crippen LogP) is 0.254. The number of aromatic nitrogens is 1. The van der Waals surface area contributed by atoms with Gasteiger partial charge in [0.1, 0.15) is 6.04 Å². The number of esters is 1. The van der Waals surface area contributed by atoms with E-state index < -0.39 is 12.0 Å². The van der Waals surface area contributed by atoms with E-state index in [1.165, 1.54) is 7.11 Å². The molecule has 1 aromatic heterocycles. The molecule has 0 bridgehead atoms. The normalized spacial score (nSPS) is 12.2. The molecular formula is C8H10N2O2. The Morgan fingerprint density at radius 2 is 2.17 bits per heavy atom. The molecule has 0 fully saturated rings. The molecule has 4 heteroatoms. The molecule has 0 aromatic carbocycles. The molecular weight excluding hydrogens is 156 g/mol. The molecule has 12 heavy (non-hydrogen) atoms. The highest BCUT2D eigenvalue weighted by Gasteiger charge is 2.14. The van der Waals surface area contributed by atoms with Crippen molar-refractivity contribution in [2.45, 2.75) is 6.04 Å². The van der Waals surface area contributed by atoms with Gasteiger partial charge in [0.2, 0.25) is 0 Å². The van der Waals surface area contributed by atoms with E-state index in [4.69, 9.17) is 5.73 Å². The Hall–Kier alpha value is -1.42. The molecule has 1 heterocycles. The molecule has 2 N–H and O–H groups in total. The summed E-state index contributed by atoms with van der Waals surface area (Å²) in [7, 11) is 1.31. The van der Waals surface area contributed by atoms with Crippen LogP contribution in [0.25, 0.3) is 0 Å². The summed E-state index contributed by atoms with van der Waals surface area (Å²) in [6.07, 6.45) is 3.16. The standard InChI is InChI=1S/C8H10N2O2/c1-12-8(11)7(9)6-2-4-10-5-3-6/h2-5,7H,9H2,1H3/t7-/m1/s1. The molecule has 0 aliphatic carbocycles. The second-order valence-electron chi connectivity index (χ2n) is 2.28. The highest BCUT2D eigenvalue weighted by molar-refractivity contribution is 5.77. The SMILES string of the molecule is COC(=O)[C@H](N)c1ccncc1. The molecule has 1 atom stereocenters. The number of pyridine rings is 1. The van der Waals surface area contributed by atoms with E-state index in [2.05, 4.69) is 9.72 Å². The van der Waals surface area contributed by atoms with Gasteiger partial charge in [0.25, 0.3) is 0 Å². The Balaban J connectivity index is 2.78. The van der Waals surface area contributed by atoms with Gasteiger partial charge in [-0.2, -0.15) is 0 Å². The minimum absolute atomic E-state index is 0.443. The van der Waals surface area contributed by atoms with Gasteiger partial charge in [-0.25, -0.2) is 0 Å². The van der Waals surface area contributed by atoms with Gasteiger partial charge >= 0.3 is 5.97 Å². The summed E-state index contributed by atoms with van der Waals surface area (Å²) < 4.78 is 4.48. The minimum atomic E-state index is -0.710. The third-order valence-corrected chi connectivity index (χ3v) is 1.52. The molecule has 0 unspecified atom stereocenters. The summed E-state index contributed by atoms with van der Waals surface area (Å²) in [5.41, 5.74) is 6.25. The number of nitrogens with zero attached hydrogens (tertiary/aromatic N) is 1. The van der Waals surface area contributed by atoms with Crippen LogP contribution in [0.5, 0.6) is 0 Å². The first-order chi connectivity index (χ1) is 5.75. The lowest BCUT2D eigenvalue weighted by molar-refractivity contribution is -0.142. The van der Waals surface area contributed by atoms with E-state index >= 15 is 0 Å². The van der Waals surface area contributed by atoms with Crippen LogP contribution in [-0.2, 0) is 9.53 Å². The summed E-state index contributed by atoms with van der Waals surface area (Å²) in [5, 5.41) is 0. The van der Waals surface area contributed by atoms with Gasteiger partial charge in [0.15, 0.2) is 0 Å². The lowest BCUT2D eigenvalue weighted by atomic mass is 10.1. The van der Waals surface area contributed by atoms with Gasteiger partial charge in [-0.15, -0.1) is 0 Å². The smallest absolute Gasteiger partial charge is 0.327 e. The van der Waals surface area contributed by atoms with Gasteiger partial charge in [0.05, 0.1) is 7.11 Å². The molecule has 0 aliphatic rings. The summed E-state index contributed by atoms with van der Waals surface area (Å²) in [5.74, 6) is -0.443. The van der Waals surface area contributed by atoms with Crippen LogP contribution >= 0.6 is 0 Å².